The zero-order chi connectivity index (χ0) is 37.9. The van der Waals surface area contributed by atoms with E-state index >= 15 is 0 Å². The molecule has 2 aliphatic rings. The molecule has 3 atom stereocenters. The van der Waals surface area contributed by atoms with E-state index < -0.39 is 11.6 Å². The number of aryl methyl sites for hydroxylation is 1. The summed E-state index contributed by atoms with van der Waals surface area (Å²) in [6.45, 7) is 7.12. The number of β-lactam (4-membered cyclic amide) rings is 1. The van der Waals surface area contributed by atoms with Gasteiger partial charge in [0, 0.05) is 4.75 Å². The lowest BCUT2D eigenvalue weighted by molar-refractivity contribution is -0.150. The van der Waals surface area contributed by atoms with Crippen LogP contribution >= 0.6 is 11.8 Å². The lowest BCUT2D eigenvalue weighted by Crippen LogP contribution is -2.70. The third-order valence-electron chi connectivity index (χ3n) is 10.8. The molecule has 2 fully saturated rings. The summed E-state index contributed by atoms with van der Waals surface area (Å²) in [6, 6.07) is 31.9. The minimum absolute atomic E-state index is 0.0110. The number of rotatable bonds is 16. The van der Waals surface area contributed by atoms with Crippen molar-refractivity contribution < 1.29 is 19.0 Å². The predicted octanol–water partition coefficient (Wildman–Crippen LogP) is 7.56. The summed E-state index contributed by atoms with van der Waals surface area (Å²) in [7, 11) is 4.98. The Morgan fingerprint density at radius 3 is 1.87 bits per heavy atom. The van der Waals surface area contributed by atoms with E-state index in [9.17, 15) is 4.79 Å². The summed E-state index contributed by atoms with van der Waals surface area (Å²) < 4.78 is 18.7. The standard InChI is InChI=1S/C43H50N6O4S/c1-7-8-9-10-14-29-21-23-30(24-22-29)28-48-39(45-46-47-48)38-42(2,3)54-41-37(40(50)49(38)41)44-43(31-15-11-18-34(25-31)51-4,32-16-12-19-35(26-32)52-5)33-17-13-20-36(27-33)53-6/h11-13,15-27,37-38,41,44H,7-10,14,28H2,1-6H3/t37?,38?,41-/m1/s1. The van der Waals surface area contributed by atoms with E-state index in [1.165, 1.54) is 31.2 Å². The molecule has 0 spiro atoms. The summed E-state index contributed by atoms with van der Waals surface area (Å²) in [5, 5.41) is 16.9. The maximum Gasteiger partial charge on any atom is 0.244 e. The fourth-order valence-electron chi connectivity index (χ4n) is 7.98. The lowest BCUT2D eigenvalue weighted by atomic mass is 9.75. The molecule has 0 radical (unpaired) electrons. The Morgan fingerprint density at radius 2 is 1.33 bits per heavy atom. The Morgan fingerprint density at radius 1 is 0.778 bits per heavy atom. The van der Waals surface area contributed by atoms with Crippen LogP contribution in [0.5, 0.6) is 17.2 Å². The summed E-state index contributed by atoms with van der Waals surface area (Å²) in [5.41, 5.74) is 4.19. The molecule has 2 aliphatic heterocycles. The number of tetrazole rings is 1. The number of amides is 1. The first-order valence-electron chi connectivity index (χ1n) is 18.8. The van der Waals surface area contributed by atoms with Crippen molar-refractivity contribution in [1.29, 1.82) is 0 Å². The van der Waals surface area contributed by atoms with Gasteiger partial charge in [-0.1, -0.05) is 86.8 Å². The summed E-state index contributed by atoms with van der Waals surface area (Å²) in [6.07, 6.45) is 6.08. The summed E-state index contributed by atoms with van der Waals surface area (Å²) in [5.74, 6) is 2.79. The minimum Gasteiger partial charge on any atom is -0.497 e. The second kappa shape index (κ2) is 15.8. The van der Waals surface area contributed by atoms with Gasteiger partial charge in [-0.05, 0) is 101 Å². The molecule has 7 rings (SSSR count). The topological polar surface area (TPSA) is 104 Å². The van der Waals surface area contributed by atoms with Gasteiger partial charge in [-0.3, -0.25) is 10.1 Å². The zero-order valence-corrected chi connectivity index (χ0v) is 32.8. The third kappa shape index (κ3) is 7.07. The minimum atomic E-state index is -1.00. The Balaban J connectivity index is 1.23. The van der Waals surface area contributed by atoms with Gasteiger partial charge in [0.1, 0.15) is 34.7 Å². The number of nitrogens with one attached hydrogen (secondary N) is 1. The lowest BCUT2D eigenvalue weighted by Gasteiger charge is -2.49. The van der Waals surface area contributed by atoms with Crippen molar-refractivity contribution in [2.24, 2.45) is 0 Å². The molecule has 11 heteroatoms. The second-order valence-electron chi connectivity index (χ2n) is 14.6. The van der Waals surface area contributed by atoms with Crippen molar-refractivity contribution >= 4 is 17.7 Å². The van der Waals surface area contributed by atoms with E-state index in [0.717, 1.165) is 28.7 Å². The van der Waals surface area contributed by atoms with Crippen molar-refractivity contribution in [2.45, 2.75) is 87.2 Å². The number of carbonyl (C=O) groups excluding carboxylic acids is 1. The van der Waals surface area contributed by atoms with Crippen molar-refractivity contribution in [3.05, 3.63) is 131 Å². The van der Waals surface area contributed by atoms with Gasteiger partial charge in [0.15, 0.2) is 5.82 Å². The largest absolute Gasteiger partial charge is 0.497 e. The molecule has 0 bridgehead atoms. The van der Waals surface area contributed by atoms with Crippen LogP contribution in [-0.4, -0.2) is 68.5 Å². The first-order valence-corrected chi connectivity index (χ1v) is 19.7. The molecule has 10 nitrogen and oxygen atoms in total. The molecule has 0 saturated carbocycles. The van der Waals surface area contributed by atoms with Gasteiger partial charge in [0.25, 0.3) is 0 Å². The molecule has 5 aromatic rings. The molecule has 2 saturated heterocycles. The number of aromatic nitrogens is 4. The molecule has 1 N–H and O–H groups in total. The molecule has 1 amide bonds. The number of carbonyl (C=O) groups is 1. The quantitative estimate of drug-likeness (QED) is 0.0623. The van der Waals surface area contributed by atoms with Crippen molar-refractivity contribution in [3.8, 4) is 17.2 Å². The van der Waals surface area contributed by atoms with Gasteiger partial charge >= 0.3 is 0 Å². The van der Waals surface area contributed by atoms with Gasteiger partial charge in [-0.15, -0.1) is 16.9 Å². The van der Waals surface area contributed by atoms with E-state index in [4.69, 9.17) is 14.2 Å². The van der Waals surface area contributed by atoms with E-state index in [0.29, 0.717) is 29.6 Å². The second-order valence-corrected chi connectivity index (χ2v) is 16.4. The highest BCUT2D eigenvalue weighted by molar-refractivity contribution is 8.01. The molecule has 282 valence electrons. The number of methoxy groups -OCH3 is 3. The highest BCUT2D eigenvalue weighted by Crippen LogP contribution is 2.58. The monoisotopic (exact) mass is 746 g/mol. The van der Waals surface area contributed by atoms with Crippen LogP contribution < -0.4 is 19.5 Å². The molecule has 0 aliphatic carbocycles. The van der Waals surface area contributed by atoms with Gasteiger partial charge in [-0.2, -0.15) is 0 Å². The van der Waals surface area contributed by atoms with Crippen LogP contribution in [-0.2, 0) is 23.3 Å². The Bertz CT molecular complexity index is 1950. The molecule has 4 aromatic carbocycles. The number of hydrogen-bond acceptors (Lipinski definition) is 9. The maximum atomic E-state index is 14.7. The van der Waals surface area contributed by atoms with Gasteiger partial charge in [0.2, 0.25) is 5.91 Å². The highest BCUT2D eigenvalue weighted by atomic mass is 32.2. The smallest absolute Gasteiger partial charge is 0.244 e. The normalized spacial score (nSPS) is 19.0. The van der Waals surface area contributed by atoms with E-state index in [1.54, 1.807) is 33.1 Å². The van der Waals surface area contributed by atoms with Crippen molar-refractivity contribution in [1.82, 2.24) is 30.4 Å². The van der Waals surface area contributed by atoms with Gasteiger partial charge in [0.05, 0.1) is 33.4 Å². The number of ether oxygens (including phenoxy) is 3. The summed E-state index contributed by atoms with van der Waals surface area (Å²) in [4.78, 5) is 16.7. The Labute approximate surface area is 322 Å². The SMILES string of the molecule is CCCCCCc1ccc(Cn2nnnc2C2N3C(=O)C(NC(c4cccc(OC)c4)(c4cccc(OC)c4)c4cccc(OC)c4)[C@H]3SC2(C)C)cc1. The zero-order valence-electron chi connectivity index (χ0n) is 32.0. The van der Waals surface area contributed by atoms with E-state index in [1.807, 2.05) is 64.2 Å². The average molecular weight is 747 g/mol. The number of hydrogen-bond donors (Lipinski definition) is 1. The molecular formula is C43H50N6O4S. The van der Waals surface area contributed by atoms with Crippen molar-refractivity contribution in [2.75, 3.05) is 21.3 Å². The Kier molecular flexibility index (Phi) is 11.0. The highest BCUT2D eigenvalue weighted by Gasteiger charge is 2.64. The van der Waals surface area contributed by atoms with Crippen LogP contribution in [0.15, 0.2) is 97.1 Å². The van der Waals surface area contributed by atoms with Crippen LogP contribution in [0, 0.1) is 0 Å². The number of unbranched alkanes of at least 4 members (excludes halogenated alkanes) is 3. The fourth-order valence-corrected chi connectivity index (χ4v) is 9.61. The average Bonchev–Trinajstić information content (AvgIpc) is 3.75. The number of fused-ring (bicyclic) bond motifs is 1. The van der Waals surface area contributed by atoms with Crippen molar-refractivity contribution in [3.63, 3.8) is 0 Å². The predicted molar refractivity (Wildman–Crippen MR) is 212 cm³/mol. The van der Waals surface area contributed by atoms with Crippen LogP contribution in [0.2, 0.25) is 0 Å². The number of thioether (sulfide) groups is 1. The van der Waals surface area contributed by atoms with Gasteiger partial charge < -0.3 is 19.1 Å². The van der Waals surface area contributed by atoms with Crippen LogP contribution in [0.1, 0.15) is 86.1 Å². The van der Waals surface area contributed by atoms with Crippen LogP contribution in [0.25, 0.3) is 0 Å². The molecule has 2 unspecified atom stereocenters. The van der Waals surface area contributed by atoms with E-state index in [-0.39, 0.29) is 22.1 Å². The molecule has 3 heterocycles. The maximum absolute atomic E-state index is 14.7. The van der Waals surface area contributed by atoms with Crippen LogP contribution in [0.4, 0.5) is 0 Å². The molecule has 54 heavy (non-hydrogen) atoms. The van der Waals surface area contributed by atoms with Gasteiger partial charge in [-0.25, -0.2) is 4.68 Å². The number of benzene rings is 4. The fraction of sp³-hybridized carbons (Fsp3) is 0.395. The summed E-state index contributed by atoms with van der Waals surface area (Å²) >= 11 is 1.77. The van der Waals surface area contributed by atoms with Crippen LogP contribution in [0.3, 0.4) is 0 Å². The first kappa shape index (κ1) is 37.4. The van der Waals surface area contributed by atoms with E-state index in [2.05, 4.69) is 84.1 Å². The Hall–Kier alpha value is -4.87. The molecular weight excluding hydrogens is 697 g/mol. The third-order valence-corrected chi connectivity index (χ3v) is 12.4. The first-order chi connectivity index (χ1) is 26.2. The number of nitrogens with zero attached hydrogens (tertiary/aromatic N) is 5. The molecule has 1 aromatic heterocycles.